The van der Waals surface area contributed by atoms with Crippen molar-refractivity contribution in [1.82, 2.24) is 0 Å². The summed E-state index contributed by atoms with van der Waals surface area (Å²) >= 11 is 0. The summed E-state index contributed by atoms with van der Waals surface area (Å²) in [7, 11) is 0. The molecule has 0 aromatic rings. The normalized spacial score (nSPS) is 24.6. The van der Waals surface area contributed by atoms with E-state index in [1.807, 2.05) is 0 Å². The van der Waals surface area contributed by atoms with Gasteiger partial charge in [0.1, 0.15) is 0 Å². The number of ether oxygens (including phenoxy) is 1. The Morgan fingerprint density at radius 1 is 1.50 bits per heavy atom. The Morgan fingerprint density at radius 2 is 2.10 bits per heavy atom. The fraction of sp³-hybridized carbons (Fsp3) is 1.00. The van der Waals surface area contributed by atoms with E-state index in [2.05, 4.69) is 6.92 Å². The minimum Gasteiger partial charge on any atom is -0.381 e. The van der Waals surface area contributed by atoms with E-state index in [0.29, 0.717) is 5.92 Å². The van der Waals surface area contributed by atoms with Crippen molar-refractivity contribution < 1.29 is 4.74 Å². The molecule has 2 nitrogen and oxygen atoms in total. The van der Waals surface area contributed by atoms with Crippen molar-refractivity contribution >= 4 is 0 Å². The monoisotopic (exact) mass is 143 g/mol. The molecule has 1 heterocycles. The summed E-state index contributed by atoms with van der Waals surface area (Å²) in [5.41, 5.74) is 5.56. The van der Waals surface area contributed by atoms with Crippen LogP contribution in [0.4, 0.5) is 0 Å². The Balaban J connectivity index is 2.24. The molecule has 0 aromatic heterocycles. The van der Waals surface area contributed by atoms with Gasteiger partial charge < -0.3 is 10.5 Å². The van der Waals surface area contributed by atoms with Gasteiger partial charge in [-0.2, -0.15) is 0 Å². The fourth-order valence-corrected chi connectivity index (χ4v) is 1.48. The molecule has 1 fully saturated rings. The molecule has 0 aromatic carbocycles. The highest BCUT2D eigenvalue weighted by molar-refractivity contribution is 4.69. The zero-order valence-corrected chi connectivity index (χ0v) is 6.68. The lowest BCUT2D eigenvalue weighted by Crippen LogP contribution is -2.26. The highest BCUT2D eigenvalue weighted by Gasteiger charge is 2.18. The molecule has 1 aliphatic rings. The standard InChI is InChI=1S/C8H17NO/c1-7(6-9)8-2-4-10-5-3-8/h7-8H,2-6,9H2,1H3/t7-/m1/s1. The Morgan fingerprint density at radius 3 is 2.60 bits per heavy atom. The molecule has 10 heavy (non-hydrogen) atoms. The zero-order valence-electron chi connectivity index (χ0n) is 6.68. The third kappa shape index (κ3) is 1.96. The summed E-state index contributed by atoms with van der Waals surface area (Å²) in [5, 5.41) is 0. The molecule has 1 rings (SSSR count). The molecule has 0 aliphatic carbocycles. The number of rotatable bonds is 2. The van der Waals surface area contributed by atoms with Crippen molar-refractivity contribution in [2.75, 3.05) is 19.8 Å². The third-order valence-corrected chi connectivity index (χ3v) is 2.44. The second-order valence-corrected chi connectivity index (χ2v) is 3.16. The maximum atomic E-state index is 5.56. The zero-order chi connectivity index (χ0) is 7.40. The van der Waals surface area contributed by atoms with Crippen LogP contribution in [-0.4, -0.2) is 19.8 Å². The average molecular weight is 143 g/mol. The van der Waals surface area contributed by atoms with Gasteiger partial charge in [0.05, 0.1) is 0 Å². The molecular formula is C8H17NO. The quantitative estimate of drug-likeness (QED) is 0.626. The number of hydrogen-bond donors (Lipinski definition) is 1. The van der Waals surface area contributed by atoms with Gasteiger partial charge in [-0.05, 0) is 31.2 Å². The highest BCUT2D eigenvalue weighted by Crippen LogP contribution is 2.22. The first-order chi connectivity index (χ1) is 4.84. The first-order valence-electron chi connectivity index (χ1n) is 4.12. The van der Waals surface area contributed by atoms with Crippen LogP contribution in [0.25, 0.3) is 0 Å². The lowest BCUT2D eigenvalue weighted by molar-refractivity contribution is 0.0508. The van der Waals surface area contributed by atoms with Crippen LogP contribution in [0.15, 0.2) is 0 Å². The summed E-state index contributed by atoms with van der Waals surface area (Å²) < 4.78 is 5.25. The van der Waals surface area contributed by atoms with Crippen LogP contribution in [0.2, 0.25) is 0 Å². The second-order valence-electron chi connectivity index (χ2n) is 3.16. The molecule has 60 valence electrons. The van der Waals surface area contributed by atoms with E-state index in [0.717, 1.165) is 25.7 Å². The maximum absolute atomic E-state index is 5.56. The summed E-state index contributed by atoms with van der Waals surface area (Å²) in [6.07, 6.45) is 2.41. The smallest absolute Gasteiger partial charge is 0.0468 e. The van der Waals surface area contributed by atoms with Crippen molar-refractivity contribution in [1.29, 1.82) is 0 Å². The van der Waals surface area contributed by atoms with Crippen molar-refractivity contribution in [3.63, 3.8) is 0 Å². The van der Waals surface area contributed by atoms with Gasteiger partial charge in [-0.15, -0.1) is 0 Å². The van der Waals surface area contributed by atoms with E-state index in [9.17, 15) is 0 Å². The molecule has 0 radical (unpaired) electrons. The molecule has 2 N–H and O–H groups in total. The van der Waals surface area contributed by atoms with Gasteiger partial charge in [0, 0.05) is 13.2 Å². The second kappa shape index (κ2) is 3.94. The Bertz CT molecular complexity index is 89.3. The van der Waals surface area contributed by atoms with E-state index in [1.165, 1.54) is 12.8 Å². The fourth-order valence-electron chi connectivity index (χ4n) is 1.48. The topological polar surface area (TPSA) is 35.2 Å². The Hall–Kier alpha value is -0.0800. The number of nitrogens with two attached hydrogens (primary N) is 1. The summed E-state index contributed by atoms with van der Waals surface area (Å²) in [5.74, 6) is 1.50. The van der Waals surface area contributed by atoms with Crippen LogP contribution < -0.4 is 5.73 Å². The maximum Gasteiger partial charge on any atom is 0.0468 e. The third-order valence-electron chi connectivity index (χ3n) is 2.44. The van der Waals surface area contributed by atoms with Crippen LogP contribution in [0, 0.1) is 11.8 Å². The van der Waals surface area contributed by atoms with E-state index >= 15 is 0 Å². The van der Waals surface area contributed by atoms with E-state index in [-0.39, 0.29) is 0 Å². The van der Waals surface area contributed by atoms with Gasteiger partial charge in [0.15, 0.2) is 0 Å². The van der Waals surface area contributed by atoms with E-state index in [1.54, 1.807) is 0 Å². The summed E-state index contributed by atoms with van der Waals surface area (Å²) in [6.45, 7) is 4.94. The predicted octanol–water partition coefficient (Wildman–Crippen LogP) is 1.01. The first kappa shape index (κ1) is 8.02. The molecule has 1 aliphatic heterocycles. The minimum absolute atomic E-state index is 0.684. The van der Waals surface area contributed by atoms with Crippen LogP contribution in [0.5, 0.6) is 0 Å². The molecule has 1 atom stereocenters. The van der Waals surface area contributed by atoms with Crippen molar-refractivity contribution in [2.24, 2.45) is 17.6 Å². The molecule has 0 unspecified atom stereocenters. The van der Waals surface area contributed by atoms with Gasteiger partial charge >= 0.3 is 0 Å². The Kier molecular flexibility index (Phi) is 3.16. The van der Waals surface area contributed by atoms with Gasteiger partial charge in [-0.1, -0.05) is 6.92 Å². The van der Waals surface area contributed by atoms with Crippen LogP contribution in [0.1, 0.15) is 19.8 Å². The molecule has 0 spiro atoms. The summed E-state index contributed by atoms with van der Waals surface area (Å²) in [6, 6.07) is 0. The van der Waals surface area contributed by atoms with Gasteiger partial charge in [0.25, 0.3) is 0 Å². The predicted molar refractivity (Wildman–Crippen MR) is 41.8 cm³/mol. The van der Waals surface area contributed by atoms with Crippen LogP contribution in [0.3, 0.4) is 0 Å². The molecule has 0 bridgehead atoms. The molecule has 2 heteroatoms. The molecule has 1 saturated heterocycles. The van der Waals surface area contributed by atoms with Crippen molar-refractivity contribution in [3.8, 4) is 0 Å². The van der Waals surface area contributed by atoms with Crippen molar-refractivity contribution in [2.45, 2.75) is 19.8 Å². The largest absolute Gasteiger partial charge is 0.381 e. The highest BCUT2D eigenvalue weighted by atomic mass is 16.5. The summed E-state index contributed by atoms with van der Waals surface area (Å²) in [4.78, 5) is 0. The minimum atomic E-state index is 0.684. The average Bonchev–Trinajstić information content (AvgIpc) is 2.05. The van der Waals surface area contributed by atoms with Gasteiger partial charge in [-0.25, -0.2) is 0 Å². The van der Waals surface area contributed by atoms with Gasteiger partial charge in [-0.3, -0.25) is 0 Å². The number of hydrogen-bond acceptors (Lipinski definition) is 2. The lowest BCUT2D eigenvalue weighted by atomic mass is 9.87. The van der Waals surface area contributed by atoms with E-state index in [4.69, 9.17) is 10.5 Å². The molecular weight excluding hydrogens is 126 g/mol. The van der Waals surface area contributed by atoms with Crippen LogP contribution in [-0.2, 0) is 4.74 Å². The Labute approximate surface area is 62.7 Å². The molecule has 0 saturated carbocycles. The molecule has 0 amide bonds. The van der Waals surface area contributed by atoms with Crippen LogP contribution >= 0.6 is 0 Å². The lowest BCUT2D eigenvalue weighted by Gasteiger charge is -2.26. The first-order valence-corrected chi connectivity index (χ1v) is 4.12. The SMILES string of the molecule is C[C@H](CN)C1CCOCC1. The van der Waals surface area contributed by atoms with Crippen molar-refractivity contribution in [3.05, 3.63) is 0 Å². The van der Waals surface area contributed by atoms with E-state index < -0.39 is 0 Å². The van der Waals surface area contributed by atoms with Gasteiger partial charge in [0.2, 0.25) is 0 Å².